The number of hydrogen-bond acceptors (Lipinski definition) is 8. The maximum atomic E-state index is 12.1. The summed E-state index contributed by atoms with van der Waals surface area (Å²) in [5.74, 6) is -0.646. The summed E-state index contributed by atoms with van der Waals surface area (Å²) < 4.78 is 16.4. The Hall–Kier alpha value is -2.01. The number of carbonyl (C=O) groups excluding carboxylic acids is 1. The van der Waals surface area contributed by atoms with Crippen LogP contribution in [0.3, 0.4) is 0 Å². The van der Waals surface area contributed by atoms with E-state index < -0.39 is 48.4 Å². The SMILES string of the molecule is CCO[C@@H]1[C@H](O)[C@@H](CO)O[C@H]1n1cc(CC(=O)OC)c(=O)[nH]c1=O. The number of rotatable bonds is 6. The maximum Gasteiger partial charge on any atom is 0.330 e. The molecule has 0 spiro atoms. The molecule has 1 aromatic heterocycles. The molecule has 0 saturated carbocycles. The summed E-state index contributed by atoms with van der Waals surface area (Å²) in [5.41, 5.74) is -1.50. The molecule has 1 aromatic rings. The summed E-state index contributed by atoms with van der Waals surface area (Å²) in [4.78, 5) is 37.4. The Morgan fingerprint density at radius 2 is 2.17 bits per heavy atom. The van der Waals surface area contributed by atoms with Crippen molar-refractivity contribution in [2.45, 2.75) is 37.9 Å². The van der Waals surface area contributed by atoms with E-state index in [4.69, 9.17) is 9.47 Å². The topological polar surface area (TPSA) is 140 Å². The normalized spacial score (nSPS) is 26.5. The van der Waals surface area contributed by atoms with Crippen LogP contribution in [0.2, 0.25) is 0 Å². The van der Waals surface area contributed by atoms with Gasteiger partial charge in [0.1, 0.15) is 18.3 Å². The Morgan fingerprint density at radius 1 is 1.46 bits per heavy atom. The summed E-state index contributed by atoms with van der Waals surface area (Å²) >= 11 is 0. The number of ether oxygens (including phenoxy) is 3. The number of H-pyrrole nitrogens is 1. The van der Waals surface area contributed by atoms with Gasteiger partial charge in [-0.15, -0.1) is 0 Å². The lowest BCUT2D eigenvalue weighted by Gasteiger charge is -2.22. The summed E-state index contributed by atoms with van der Waals surface area (Å²) in [7, 11) is 1.18. The Bertz CT molecular complexity index is 697. The van der Waals surface area contributed by atoms with Crippen LogP contribution < -0.4 is 11.2 Å². The number of methoxy groups -OCH3 is 1. The predicted octanol–water partition coefficient (Wildman–Crippen LogP) is -2.09. The fourth-order valence-corrected chi connectivity index (χ4v) is 2.54. The van der Waals surface area contributed by atoms with Crippen LogP contribution in [0, 0.1) is 0 Å². The molecule has 0 aliphatic carbocycles. The number of nitrogens with one attached hydrogen (secondary N) is 1. The molecule has 0 bridgehead atoms. The van der Waals surface area contributed by atoms with Crippen LogP contribution in [0.5, 0.6) is 0 Å². The molecule has 10 heteroatoms. The molecule has 1 saturated heterocycles. The van der Waals surface area contributed by atoms with Crippen molar-refractivity contribution in [2.75, 3.05) is 20.3 Å². The minimum atomic E-state index is -1.15. The fourth-order valence-electron chi connectivity index (χ4n) is 2.54. The molecule has 2 rings (SSSR count). The van der Waals surface area contributed by atoms with E-state index in [0.29, 0.717) is 0 Å². The number of nitrogens with zero attached hydrogens (tertiary/aromatic N) is 1. The number of aromatic nitrogens is 2. The minimum Gasteiger partial charge on any atom is -0.469 e. The van der Waals surface area contributed by atoms with Crippen LogP contribution in [0.25, 0.3) is 0 Å². The average molecular weight is 344 g/mol. The van der Waals surface area contributed by atoms with Crippen molar-refractivity contribution in [1.82, 2.24) is 9.55 Å². The first-order valence-corrected chi connectivity index (χ1v) is 7.40. The molecule has 1 aliphatic rings. The van der Waals surface area contributed by atoms with E-state index in [-0.39, 0.29) is 18.6 Å². The zero-order valence-corrected chi connectivity index (χ0v) is 13.3. The lowest BCUT2D eigenvalue weighted by atomic mass is 10.1. The van der Waals surface area contributed by atoms with Gasteiger partial charge in [0.05, 0.1) is 20.1 Å². The highest BCUT2D eigenvalue weighted by Crippen LogP contribution is 2.30. The van der Waals surface area contributed by atoms with E-state index in [9.17, 15) is 24.6 Å². The molecular weight excluding hydrogens is 324 g/mol. The number of hydrogen-bond donors (Lipinski definition) is 3. The van der Waals surface area contributed by atoms with E-state index in [1.165, 1.54) is 13.3 Å². The molecule has 4 atom stereocenters. The Balaban J connectivity index is 2.42. The van der Waals surface area contributed by atoms with Crippen molar-refractivity contribution >= 4 is 5.97 Å². The number of aliphatic hydroxyl groups excluding tert-OH is 2. The number of esters is 1. The molecular formula is C14H20N2O8. The highest BCUT2D eigenvalue weighted by molar-refractivity contribution is 5.72. The van der Waals surface area contributed by atoms with Gasteiger partial charge in [-0.05, 0) is 6.92 Å². The second-order valence-electron chi connectivity index (χ2n) is 5.23. The van der Waals surface area contributed by atoms with E-state index in [1.54, 1.807) is 6.92 Å². The fraction of sp³-hybridized carbons (Fsp3) is 0.643. The third kappa shape index (κ3) is 3.56. The lowest BCUT2D eigenvalue weighted by Crippen LogP contribution is -2.40. The number of aromatic amines is 1. The molecule has 1 aliphatic heterocycles. The standard InChI is InChI=1S/C14H20N2O8/c1-3-23-11-10(19)8(6-17)24-13(11)16-5-7(4-9(18)22-2)12(20)15-14(16)21/h5,8,10-11,13,17,19H,3-4,6H2,1-2H3,(H,15,20,21)/t8-,10-,11-,13-/m1/s1. The molecule has 24 heavy (non-hydrogen) atoms. The molecule has 134 valence electrons. The molecule has 1 fully saturated rings. The van der Waals surface area contributed by atoms with Gasteiger partial charge in [0, 0.05) is 18.4 Å². The van der Waals surface area contributed by atoms with E-state index in [2.05, 4.69) is 9.72 Å². The summed E-state index contributed by atoms with van der Waals surface area (Å²) in [5, 5.41) is 19.4. The zero-order valence-electron chi connectivity index (χ0n) is 13.3. The summed E-state index contributed by atoms with van der Waals surface area (Å²) in [6.07, 6.45) is -3.22. The van der Waals surface area contributed by atoms with Gasteiger partial charge in [0.2, 0.25) is 0 Å². The minimum absolute atomic E-state index is 0.00207. The molecule has 10 nitrogen and oxygen atoms in total. The molecule has 3 N–H and O–H groups in total. The average Bonchev–Trinajstić information content (AvgIpc) is 2.86. The van der Waals surface area contributed by atoms with Crippen molar-refractivity contribution in [3.8, 4) is 0 Å². The molecule has 2 heterocycles. The van der Waals surface area contributed by atoms with Crippen LogP contribution in [-0.2, 0) is 25.4 Å². The van der Waals surface area contributed by atoms with E-state index >= 15 is 0 Å². The van der Waals surface area contributed by atoms with Gasteiger partial charge >= 0.3 is 11.7 Å². The van der Waals surface area contributed by atoms with Gasteiger partial charge in [-0.1, -0.05) is 0 Å². The first-order valence-electron chi connectivity index (χ1n) is 7.40. The van der Waals surface area contributed by atoms with Gasteiger partial charge in [-0.2, -0.15) is 0 Å². The van der Waals surface area contributed by atoms with Gasteiger partial charge in [0.25, 0.3) is 5.56 Å². The Kier molecular flexibility index (Phi) is 5.89. The zero-order chi connectivity index (χ0) is 17.9. The van der Waals surface area contributed by atoms with E-state index in [1.807, 2.05) is 0 Å². The first-order chi connectivity index (χ1) is 11.4. The molecule has 0 aromatic carbocycles. The van der Waals surface area contributed by atoms with Gasteiger partial charge < -0.3 is 24.4 Å². The van der Waals surface area contributed by atoms with Crippen LogP contribution in [0.4, 0.5) is 0 Å². The smallest absolute Gasteiger partial charge is 0.330 e. The second kappa shape index (κ2) is 7.71. The highest BCUT2D eigenvalue weighted by atomic mass is 16.6. The molecule has 0 radical (unpaired) electrons. The van der Waals surface area contributed by atoms with Gasteiger partial charge in [0.15, 0.2) is 6.23 Å². The van der Waals surface area contributed by atoms with Crippen molar-refractivity contribution in [3.05, 3.63) is 32.6 Å². The number of aliphatic hydroxyl groups is 2. The second-order valence-corrected chi connectivity index (χ2v) is 5.23. The molecule has 0 unspecified atom stereocenters. The van der Waals surface area contributed by atoms with Crippen LogP contribution >= 0.6 is 0 Å². The monoisotopic (exact) mass is 344 g/mol. The maximum absolute atomic E-state index is 12.1. The highest BCUT2D eigenvalue weighted by Gasteiger charge is 2.45. The predicted molar refractivity (Wildman–Crippen MR) is 79.5 cm³/mol. The quantitative estimate of drug-likeness (QED) is 0.499. The van der Waals surface area contributed by atoms with Crippen LogP contribution in [0.15, 0.2) is 15.8 Å². The summed E-state index contributed by atoms with van der Waals surface area (Å²) in [6.45, 7) is 1.48. The molecule has 0 amide bonds. The van der Waals surface area contributed by atoms with Crippen LogP contribution in [0.1, 0.15) is 18.7 Å². The third-order valence-corrected chi connectivity index (χ3v) is 3.73. The lowest BCUT2D eigenvalue weighted by molar-refractivity contribution is -0.139. The Morgan fingerprint density at radius 3 is 2.75 bits per heavy atom. The van der Waals surface area contributed by atoms with Crippen molar-refractivity contribution in [2.24, 2.45) is 0 Å². The van der Waals surface area contributed by atoms with Crippen molar-refractivity contribution in [1.29, 1.82) is 0 Å². The van der Waals surface area contributed by atoms with Crippen molar-refractivity contribution < 1.29 is 29.2 Å². The first kappa shape index (κ1) is 18.3. The Labute approximate surface area is 136 Å². The van der Waals surface area contributed by atoms with Gasteiger partial charge in [-0.3, -0.25) is 19.1 Å². The van der Waals surface area contributed by atoms with Gasteiger partial charge in [-0.25, -0.2) is 4.79 Å². The third-order valence-electron chi connectivity index (χ3n) is 3.73. The largest absolute Gasteiger partial charge is 0.469 e. The van der Waals surface area contributed by atoms with E-state index in [0.717, 1.165) is 4.57 Å². The van der Waals surface area contributed by atoms with Crippen molar-refractivity contribution in [3.63, 3.8) is 0 Å². The van der Waals surface area contributed by atoms with Crippen LogP contribution in [-0.4, -0.2) is 64.4 Å². The number of carbonyl (C=O) groups is 1. The summed E-state index contributed by atoms with van der Waals surface area (Å²) in [6, 6.07) is 0.